The molecule has 0 saturated heterocycles. The lowest BCUT2D eigenvalue weighted by Crippen LogP contribution is -2.39. The topological polar surface area (TPSA) is 76.3 Å². The fourth-order valence-electron chi connectivity index (χ4n) is 3.01. The number of hydrogen-bond donors (Lipinski definition) is 0. The second kappa shape index (κ2) is 5.83. The molecule has 0 spiro atoms. The maximum atomic E-state index is 12.6. The Morgan fingerprint density at radius 3 is 2.68 bits per heavy atom. The van der Waals surface area contributed by atoms with Crippen LogP contribution in [0.4, 0.5) is 11.4 Å². The molecule has 1 amide bonds. The Morgan fingerprint density at radius 1 is 1.08 bits per heavy atom. The summed E-state index contributed by atoms with van der Waals surface area (Å²) >= 11 is 0. The van der Waals surface area contributed by atoms with E-state index in [-0.39, 0.29) is 11.6 Å². The Kier molecular flexibility index (Phi) is 3.50. The third-order valence-corrected chi connectivity index (χ3v) is 4.26. The molecule has 6 heteroatoms. The lowest BCUT2D eigenvalue weighted by atomic mass is 9.92. The van der Waals surface area contributed by atoms with Crippen molar-refractivity contribution < 1.29 is 9.72 Å². The molecular formula is C19H13N3O3. The summed E-state index contributed by atoms with van der Waals surface area (Å²) in [5, 5.41) is 11.0. The maximum Gasteiger partial charge on any atom is 0.277 e. The number of nitro groups is 1. The van der Waals surface area contributed by atoms with E-state index < -0.39 is 4.92 Å². The van der Waals surface area contributed by atoms with Crippen molar-refractivity contribution in [2.24, 2.45) is 0 Å². The molecule has 1 aliphatic rings. The molecule has 2 aromatic carbocycles. The number of fused-ring (bicyclic) bond motifs is 1. The van der Waals surface area contributed by atoms with Crippen LogP contribution in [0, 0.1) is 10.1 Å². The molecule has 25 heavy (non-hydrogen) atoms. The molecule has 0 unspecified atom stereocenters. The van der Waals surface area contributed by atoms with Gasteiger partial charge < -0.3 is 4.90 Å². The minimum Gasteiger partial charge on any atom is -0.302 e. The summed E-state index contributed by atoms with van der Waals surface area (Å²) in [6, 6.07) is 17.4. The van der Waals surface area contributed by atoms with Crippen LogP contribution in [0.2, 0.25) is 0 Å². The molecule has 0 bridgehead atoms. The summed E-state index contributed by atoms with van der Waals surface area (Å²) in [5.74, 6) is -0.149. The molecule has 2 heterocycles. The van der Waals surface area contributed by atoms with E-state index in [9.17, 15) is 14.9 Å². The minimum absolute atomic E-state index is 0.0517. The Balaban J connectivity index is 1.69. The molecule has 3 aromatic rings. The van der Waals surface area contributed by atoms with E-state index in [0.717, 1.165) is 22.4 Å². The lowest BCUT2D eigenvalue weighted by molar-refractivity contribution is -0.384. The smallest absolute Gasteiger partial charge is 0.277 e. The molecule has 0 fully saturated rings. The fourth-order valence-corrected chi connectivity index (χ4v) is 3.01. The maximum absolute atomic E-state index is 12.6. The predicted molar refractivity (Wildman–Crippen MR) is 93.3 cm³/mol. The Bertz CT molecular complexity index is 986. The largest absolute Gasteiger partial charge is 0.302 e. The highest BCUT2D eigenvalue weighted by atomic mass is 16.6. The Hall–Kier alpha value is -3.54. The quantitative estimate of drug-likeness (QED) is 0.540. The van der Waals surface area contributed by atoms with Crippen LogP contribution in [-0.4, -0.2) is 15.8 Å². The summed E-state index contributed by atoms with van der Waals surface area (Å²) in [7, 11) is 0. The zero-order valence-corrected chi connectivity index (χ0v) is 13.1. The van der Waals surface area contributed by atoms with Gasteiger partial charge in [-0.1, -0.05) is 30.3 Å². The van der Waals surface area contributed by atoms with Gasteiger partial charge in [-0.25, -0.2) is 0 Å². The molecule has 0 radical (unpaired) electrons. The highest BCUT2D eigenvalue weighted by Gasteiger charge is 2.31. The van der Waals surface area contributed by atoms with Gasteiger partial charge in [-0.15, -0.1) is 0 Å². The number of rotatable bonds is 3. The fraction of sp³-hybridized carbons (Fsp3) is 0.0526. The van der Waals surface area contributed by atoms with Crippen LogP contribution in [0.3, 0.4) is 0 Å². The first-order valence-corrected chi connectivity index (χ1v) is 7.75. The van der Waals surface area contributed by atoms with Crippen molar-refractivity contribution in [3.8, 4) is 11.1 Å². The molecule has 1 aliphatic heterocycles. The second-order valence-corrected chi connectivity index (χ2v) is 5.72. The van der Waals surface area contributed by atoms with Gasteiger partial charge in [0.05, 0.1) is 17.2 Å². The minimum atomic E-state index is -0.407. The van der Waals surface area contributed by atoms with Crippen molar-refractivity contribution in [3.63, 3.8) is 0 Å². The average molecular weight is 331 g/mol. The third-order valence-electron chi connectivity index (χ3n) is 4.26. The summed E-state index contributed by atoms with van der Waals surface area (Å²) in [5.41, 5.74) is 3.96. The van der Waals surface area contributed by atoms with Crippen LogP contribution in [-0.2, 0) is 6.54 Å². The summed E-state index contributed by atoms with van der Waals surface area (Å²) in [6.45, 7) is 0.462. The van der Waals surface area contributed by atoms with Gasteiger partial charge in [-0.3, -0.25) is 19.9 Å². The van der Waals surface area contributed by atoms with Gasteiger partial charge in [0.25, 0.3) is 11.6 Å². The zero-order valence-electron chi connectivity index (χ0n) is 13.1. The van der Waals surface area contributed by atoms with Crippen molar-refractivity contribution in [2.75, 3.05) is 4.90 Å². The van der Waals surface area contributed by atoms with Gasteiger partial charge in [0.15, 0.2) is 0 Å². The van der Waals surface area contributed by atoms with Gasteiger partial charge in [0.2, 0.25) is 0 Å². The van der Waals surface area contributed by atoms with Crippen LogP contribution in [0.1, 0.15) is 16.1 Å². The van der Waals surface area contributed by atoms with Gasteiger partial charge in [0.1, 0.15) is 5.69 Å². The number of carbonyl (C=O) groups excluding carboxylic acids is 1. The van der Waals surface area contributed by atoms with Crippen molar-refractivity contribution in [3.05, 3.63) is 88.2 Å². The van der Waals surface area contributed by atoms with Gasteiger partial charge in [-0.2, -0.15) is 0 Å². The van der Waals surface area contributed by atoms with Crippen LogP contribution in [0.5, 0.6) is 0 Å². The number of anilines is 1. The van der Waals surface area contributed by atoms with Crippen LogP contribution in [0.25, 0.3) is 11.1 Å². The van der Waals surface area contributed by atoms with E-state index in [1.807, 2.05) is 24.3 Å². The Morgan fingerprint density at radius 2 is 1.92 bits per heavy atom. The number of benzene rings is 2. The first-order valence-electron chi connectivity index (χ1n) is 7.75. The normalized spacial score (nSPS) is 12.2. The van der Waals surface area contributed by atoms with E-state index >= 15 is 0 Å². The average Bonchev–Trinajstić information content (AvgIpc) is 2.63. The standard InChI is InChI=1S/C19H13N3O3/c23-19(17-8-1-2-10-20-17)21-12-16-15(7-4-9-18(16)21)13-5-3-6-14(11-13)22(24)25/h1-11H,12H2. The summed E-state index contributed by atoms with van der Waals surface area (Å²) < 4.78 is 0. The number of nitro benzene ring substituents is 1. The van der Waals surface area contributed by atoms with E-state index in [1.165, 1.54) is 6.07 Å². The highest BCUT2D eigenvalue weighted by molar-refractivity contribution is 6.08. The first kappa shape index (κ1) is 15.0. The predicted octanol–water partition coefficient (Wildman–Crippen LogP) is 3.82. The van der Waals surface area contributed by atoms with Crippen molar-refractivity contribution >= 4 is 17.3 Å². The van der Waals surface area contributed by atoms with E-state index in [0.29, 0.717) is 12.2 Å². The van der Waals surface area contributed by atoms with Crippen LogP contribution in [0.15, 0.2) is 66.9 Å². The van der Waals surface area contributed by atoms with Gasteiger partial charge in [-0.05, 0) is 29.3 Å². The Labute approximate surface area is 143 Å². The molecule has 0 N–H and O–H groups in total. The molecule has 0 saturated carbocycles. The number of carbonyl (C=O) groups is 1. The van der Waals surface area contributed by atoms with Crippen LogP contribution >= 0.6 is 0 Å². The van der Waals surface area contributed by atoms with E-state index in [1.54, 1.807) is 41.4 Å². The van der Waals surface area contributed by atoms with Gasteiger partial charge in [0, 0.05) is 23.9 Å². The van der Waals surface area contributed by atoms with Crippen molar-refractivity contribution in [2.45, 2.75) is 6.54 Å². The van der Waals surface area contributed by atoms with E-state index in [4.69, 9.17) is 0 Å². The van der Waals surface area contributed by atoms with E-state index in [2.05, 4.69) is 4.98 Å². The molecular weight excluding hydrogens is 318 g/mol. The number of aromatic nitrogens is 1. The zero-order chi connectivity index (χ0) is 17.4. The van der Waals surface area contributed by atoms with Crippen molar-refractivity contribution in [1.82, 2.24) is 4.98 Å². The summed E-state index contributed by atoms with van der Waals surface area (Å²) in [4.78, 5) is 28.9. The molecule has 6 nitrogen and oxygen atoms in total. The van der Waals surface area contributed by atoms with Gasteiger partial charge >= 0.3 is 0 Å². The first-order chi connectivity index (χ1) is 12.1. The molecule has 4 rings (SSSR count). The highest BCUT2D eigenvalue weighted by Crippen LogP contribution is 2.41. The summed E-state index contributed by atoms with van der Waals surface area (Å²) in [6.07, 6.45) is 1.59. The monoisotopic (exact) mass is 331 g/mol. The van der Waals surface area contributed by atoms with Crippen LogP contribution < -0.4 is 4.90 Å². The SMILES string of the molecule is O=C(c1ccccn1)N1Cc2c(-c3cccc([N+](=O)[O-])c3)cccc21. The number of amides is 1. The lowest BCUT2D eigenvalue weighted by Gasteiger charge is -2.35. The number of nitrogens with zero attached hydrogens (tertiary/aromatic N) is 3. The number of non-ortho nitro benzene ring substituents is 1. The number of pyridine rings is 1. The number of hydrogen-bond acceptors (Lipinski definition) is 4. The molecule has 0 atom stereocenters. The third kappa shape index (κ3) is 2.53. The molecule has 122 valence electrons. The van der Waals surface area contributed by atoms with Crippen molar-refractivity contribution in [1.29, 1.82) is 0 Å². The molecule has 0 aliphatic carbocycles. The molecule has 1 aromatic heterocycles. The second-order valence-electron chi connectivity index (χ2n) is 5.72.